The van der Waals surface area contributed by atoms with Gasteiger partial charge in [0, 0.05) is 16.5 Å². The normalized spacial score (nSPS) is 12.4. The van der Waals surface area contributed by atoms with Crippen molar-refractivity contribution in [3.8, 4) is 5.75 Å². The number of ketones is 1. The van der Waals surface area contributed by atoms with E-state index >= 15 is 0 Å². The molecule has 0 bridgehead atoms. The molecule has 4 heteroatoms. The SMILES string of the molecule is CC(=O)[C@H](C)Oc1ccc2c(C)c(C)c(=O)oc2c1C. The third-order valence-electron chi connectivity index (χ3n) is 3.70. The number of benzene rings is 1. The van der Waals surface area contributed by atoms with E-state index in [2.05, 4.69) is 0 Å². The fraction of sp³-hybridized carbons (Fsp3) is 0.375. The summed E-state index contributed by atoms with van der Waals surface area (Å²) in [7, 11) is 0. The Morgan fingerprint density at radius 2 is 1.80 bits per heavy atom. The van der Waals surface area contributed by atoms with Gasteiger partial charge in [0.25, 0.3) is 0 Å². The number of carbonyl (C=O) groups excluding carboxylic acids is 1. The van der Waals surface area contributed by atoms with Crippen LogP contribution in [0, 0.1) is 20.8 Å². The van der Waals surface area contributed by atoms with Crippen LogP contribution in [0.1, 0.15) is 30.5 Å². The summed E-state index contributed by atoms with van der Waals surface area (Å²) in [5.41, 5.74) is 2.44. The Hall–Kier alpha value is -2.10. The minimum atomic E-state index is -0.524. The van der Waals surface area contributed by atoms with Gasteiger partial charge in [-0.15, -0.1) is 0 Å². The van der Waals surface area contributed by atoms with E-state index in [4.69, 9.17) is 9.15 Å². The van der Waals surface area contributed by atoms with Gasteiger partial charge < -0.3 is 9.15 Å². The summed E-state index contributed by atoms with van der Waals surface area (Å²) >= 11 is 0. The number of Topliss-reactive ketones (excluding diaryl/α,β-unsaturated/α-hetero) is 1. The van der Waals surface area contributed by atoms with Crippen LogP contribution in [0.15, 0.2) is 21.3 Å². The predicted molar refractivity (Wildman–Crippen MR) is 77.5 cm³/mol. The minimum Gasteiger partial charge on any atom is -0.483 e. The molecule has 0 fully saturated rings. The highest BCUT2D eigenvalue weighted by Crippen LogP contribution is 2.29. The monoisotopic (exact) mass is 274 g/mol. The van der Waals surface area contributed by atoms with Crippen LogP contribution in [0.5, 0.6) is 5.75 Å². The lowest BCUT2D eigenvalue weighted by Crippen LogP contribution is -2.21. The number of hydrogen-bond acceptors (Lipinski definition) is 4. The van der Waals surface area contributed by atoms with Gasteiger partial charge in [-0.1, -0.05) is 0 Å². The lowest BCUT2D eigenvalue weighted by atomic mass is 10.0. The number of rotatable bonds is 3. The molecule has 0 aliphatic rings. The highest BCUT2D eigenvalue weighted by atomic mass is 16.5. The molecule has 1 aromatic carbocycles. The molecule has 1 atom stereocenters. The third-order valence-corrected chi connectivity index (χ3v) is 3.70. The van der Waals surface area contributed by atoms with E-state index in [9.17, 15) is 9.59 Å². The molecule has 20 heavy (non-hydrogen) atoms. The van der Waals surface area contributed by atoms with Gasteiger partial charge in [0.1, 0.15) is 11.3 Å². The lowest BCUT2D eigenvalue weighted by molar-refractivity contribution is -0.122. The van der Waals surface area contributed by atoms with Crippen LogP contribution >= 0.6 is 0 Å². The van der Waals surface area contributed by atoms with Crippen molar-refractivity contribution in [1.29, 1.82) is 0 Å². The van der Waals surface area contributed by atoms with Gasteiger partial charge >= 0.3 is 5.63 Å². The molecule has 0 unspecified atom stereocenters. The first-order chi connectivity index (χ1) is 9.32. The Balaban J connectivity index is 2.63. The van der Waals surface area contributed by atoms with E-state index in [0.29, 0.717) is 16.9 Å². The summed E-state index contributed by atoms with van der Waals surface area (Å²) in [4.78, 5) is 23.1. The Morgan fingerprint density at radius 1 is 1.15 bits per heavy atom. The first-order valence-electron chi connectivity index (χ1n) is 6.53. The second-order valence-electron chi connectivity index (χ2n) is 5.08. The van der Waals surface area contributed by atoms with Crippen LogP contribution in [0.25, 0.3) is 11.0 Å². The van der Waals surface area contributed by atoms with Crippen LogP contribution in [0.4, 0.5) is 0 Å². The molecule has 0 N–H and O–H groups in total. The molecule has 4 nitrogen and oxygen atoms in total. The van der Waals surface area contributed by atoms with E-state index in [1.54, 1.807) is 13.8 Å². The van der Waals surface area contributed by atoms with Crippen LogP contribution in [-0.2, 0) is 4.79 Å². The molecule has 0 radical (unpaired) electrons. The number of ether oxygens (including phenoxy) is 1. The zero-order valence-electron chi connectivity index (χ0n) is 12.4. The summed E-state index contributed by atoms with van der Waals surface area (Å²) in [6.07, 6.45) is -0.524. The van der Waals surface area contributed by atoms with Crippen molar-refractivity contribution in [3.63, 3.8) is 0 Å². The highest BCUT2D eigenvalue weighted by molar-refractivity contribution is 5.86. The van der Waals surface area contributed by atoms with E-state index in [1.165, 1.54) is 6.92 Å². The summed E-state index contributed by atoms with van der Waals surface area (Å²) in [6.45, 7) is 8.64. The maximum atomic E-state index is 11.8. The lowest BCUT2D eigenvalue weighted by Gasteiger charge is -2.15. The van der Waals surface area contributed by atoms with Crippen molar-refractivity contribution in [3.05, 3.63) is 39.2 Å². The fourth-order valence-electron chi connectivity index (χ4n) is 2.03. The van der Waals surface area contributed by atoms with Gasteiger partial charge in [0.05, 0.1) is 0 Å². The largest absolute Gasteiger partial charge is 0.483 e. The standard InChI is InChI=1S/C16H18O4/c1-8-9(2)16(18)20-15-10(3)14(7-6-13(8)15)19-12(5)11(4)17/h6-7,12H,1-5H3/t12-/m0/s1. The number of carbonyl (C=O) groups is 1. The van der Waals surface area contributed by atoms with Crippen molar-refractivity contribution < 1.29 is 13.9 Å². The predicted octanol–water partition coefficient (Wildman–Crippen LogP) is 3.07. The van der Waals surface area contributed by atoms with Crippen molar-refractivity contribution in [2.24, 2.45) is 0 Å². The van der Waals surface area contributed by atoms with Gasteiger partial charge in [-0.3, -0.25) is 4.79 Å². The summed E-state index contributed by atoms with van der Waals surface area (Å²) in [5, 5.41) is 0.891. The Labute approximate surface area is 117 Å². The molecule has 0 amide bonds. The minimum absolute atomic E-state index is 0.0500. The Bertz CT molecular complexity index is 740. The molecule has 0 saturated carbocycles. The molecular formula is C16H18O4. The smallest absolute Gasteiger partial charge is 0.339 e. The van der Waals surface area contributed by atoms with Crippen molar-refractivity contribution in [2.75, 3.05) is 0 Å². The van der Waals surface area contributed by atoms with E-state index in [0.717, 1.165) is 16.5 Å². The van der Waals surface area contributed by atoms with Crippen LogP contribution in [-0.4, -0.2) is 11.9 Å². The molecular weight excluding hydrogens is 256 g/mol. The van der Waals surface area contributed by atoms with E-state index < -0.39 is 6.10 Å². The maximum Gasteiger partial charge on any atom is 0.339 e. The number of fused-ring (bicyclic) bond motifs is 1. The summed E-state index contributed by atoms with van der Waals surface area (Å²) < 4.78 is 11.0. The molecule has 1 heterocycles. The van der Waals surface area contributed by atoms with Gasteiger partial charge in [-0.25, -0.2) is 4.79 Å². The number of hydrogen-bond donors (Lipinski definition) is 0. The zero-order valence-corrected chi connectivity index (χ0v) is 12.4. The van der Waals surface area contributed by atoms with E-state index in [1.807, 2.05) is 26.0 Å². The zero-order chi connectivity index (χ0) is 15.0. The highest BCUT2D eigenvalue weighted by Gasteiger charge is 2.15. The second kappa shape index (κ2) is 5.12. The van der Waals surface area contributed by atoms with Crippen molar-refractivity contribution >= 4 is 16.8 Å². The average molecular weight is 274 g/mol. The number of aryl methyl sites for hydroxylation is 2. The molecule has 0 spiro atoms. The fourth-order valence-corrected chi connectivity index (χ4v) is 2.03. The van der Waals surface area contributed by atoms with E-state index in [-0.39, 0.29) is 11.4 Å². The summed E-state index contributed by atoms with van der Waals surface area (Å²) in [5.74, 6) is 0.512. The Kier molecular flexibility index (Phi) is 3.66. The molecule has 0 saturated heterocycles. The van der Waals surface area contributed by atoms with Gasteiger partial charge in [-0.2, -0.15) is 0 Å². The van der Waals surface area contributed by atoms with Crippen molar-refractivity contribution in [1.82, 2.24) is 0 Å². The molecule has 2 aromatic rings. The molecule has 0 aliphatic heterocycles. The first kappa shape index (κ1) is 14.3. The van der Waals surface area contributed by atoms with Gasteiger partial charge in [-0.05, 0) is 52.3 Å². The average Bonchev–Trinajstić information content (AvgIpc) is 2.40. The van der Waals surface area contributed by atoms with Gasteiger partial charge in [0.15, 0.2) is 11.9 Å². The topological polar surface area (TPSA) is 56.5 Å². The van der Waals surface area contributed by atoms with Crippen LogP contribution in [0.2, 0.25) is 0 Å². The summed E-state index contributed by atoms with van der Waals surface area (Å²) in [6, 6.07) is 3.67. The first-order valence-corrected chi connectivity index (χ1v) is 6.53. The quantitative estimate of drug-likeness (QED) is 0.807. The van der Waals surface area contributed by atoms with Crippen LogP contribution < -0.4 is 10.4 Å². The molecule has 1 aromatic heterocycles. The second-order valence-corrected chi connectivity index (χ2v) is 5.08. The molecule has 106 valence electrons. The Morgan fingerprint density at radius 3 is 2.40 bits per heavy atom. The molecule has 0 aliphatic carbocycles. The van der Waals surface area contributed by atoms with Gasteiger partial charge in [0.2, 0.25) is 0 Å². The van der Waals surface area contributed by atoms with Crippen LogP contribution in [0.3, 0.4) is 0 Å². The molecule has 2 rings (SSSR count). The van der Waals surface area contributed by atoms with Crippen molar-refractivity contribution in [2.45, 2.75) is 40.7 Å². The maximum absolute atomic E-state index is 11.8. The third kappa shape index (κ3) is 2.33.